The average Bonchev–Trinajstić information content (AvgIpc) is 2.45. The average molecular weight is 353 g/mol. The molecule has 0 spiro atoms. The van der Waals surface area contributed by atoms with Crippen molar-refractivity contribution >= 4 is 39.6 Å². The minimum atomic E-state index is -0.991. The van der Waals surface area contributed by atoms with Gasteiger partial charge in [-0.25, -0.2) is 4.79 Å². The van der Waals surface area contributed by atoms with E-state index >= 15 is 0 Å². The molecule has 1 atom stereocenters. The predicted octanol–water partition coefficient (Wildman–Crippen LogP) is 2.25. The molecule has 0 aliphatic carbocycles. The SMILES string of the molecule is NC(=O)C1CCCN(c2ccc(Br)cc2/C=C/C(=O)O)C1. The van der Waals surface area contributed by atoms with Crippen LogP contribution in [0.5, 0.6) is 0 Å². The maximum Gasteiger partial charge on any atom is 0.328 e. The first-order valence-electron chi connectivity index (χ1n) is 6.72. The van der Waals surface area contributed by atoms with E-state index in [1.54, 1.807) is 6.08 Å². The van der Waals surface area contributed by atoms with Gasteiger partial charge in [-0.3, -0.25) is 4.79 Å². The Morgan fingerprint density at radius 1 is 1.43 bits per heavy atom. The lowest BCUT2D eigenvalue weighted by molar-refractivity contribution is -0.131. The quantitative estimate of drug-likeness (QED) is 0.814. The van der Waals surface area contributed by atoms with Crippen molar-refractivity contribution in [1.29, 1.82) is 0 Å². The lowest BCUT2D eigenvalue weighted by Crippen LogP contribution is -2.41. The maximum atomic E-state index is 11.4. The van der Waals surface area contributed by atoms with Gasteiger partial charge in [0.2, 0.25) is 5.91 Å². The molecule has 6 heteroatoms. The van der Waals surface area contributed by atoms with Gasteiger partial charge in [0.15, 0.2) is 0 Å². The second-order valence-corrected chi connectivity index (χ2v) is 5.98. The molecule has 1 aliphatic heterocycles. The number of carbonyl (C=O) groups excluding carboxylic acids is 1. The van der Waals surface area contributed by atoms with Gasteiger partial charge in [0, 0.05) is 29.3 Å². The van der Waals surface area contributed by atoms with Crippen molar-refractivity contribution in [2.45, 2.75) is 12.8 Å². The summed E-state index contributed by atoms with van der Waals surface area (Å²) in [7, 11) is 0. The van der Waals surface area contributed by atoms with Gasteiger partial charge in [0.05, 0.1) is 5.92 Å². The van der Waals surface area contributed by atoms with Crippen LogP contribution >= 0.6 is 15.9 Å². The maximum absolute atomic E-state index is 11.4. The van der Waals surface area contributed by atoms with E-state index in [1.807, 2.05) is 18.2 Å². The molecule has 1 amide bonds. The van der Waals surface area contributed by atoms with Gasteiger partial charge in [0.1, 0.15) is 0 Å². The Morgan fingerprint density at radius 2 is 2.19 bits per heavy atom. The fourth-order valence-electron chi connectivity index (χ4n) is 2.54. The molecule has 1 aromatic carbocycles. The highest BCUT2D eigenvalue weighted by Crippen LogP contribution is 2.29. The zero-order chi connectivity index (χ0) is 15.4. The summed E-state index contributed by atoms with van der Waals surface area (Å²) in [5.41, 5.74) is 7.12. The van der Waals surface area contributed by atoms with E-state index in [1.165, 1.54) is 0 Å². The number of rotatable bonds is 4. The van der Waals surface area contributed by atoms with E-state index < -0.39 is 5.97 Å². The van der Waals surface area contributed by atoms with Crippen LogP contribution in [-0.4, -0.2) is 30.1 Å². The van der Waals surface area contributed by atoms with E-state index in [2.05, 4.69) is 20.8 Å². The smallest absolute Gasteiger partial charge is 0.328 e. The summed E-state index contributed by atoms with van der Waals surface area (Å²) >= 11 is 3.39. The highest BCUT2D eigenvalue weighted by atomic mass is 79.9. The second-order valence-electron chi connectivity index (χ2n) is 5.06. The van der Waals surface area contributed by atoms with Gasteiger partial charge in [0.25, 0.3) is 0 Å². The van der Waals surface area contributed by atoms with Crippen LogP contribution in [0.3, 0.4) is 0 Å². The number of amides is 1. The number of carboxylic acids is 1. The number of carbonyl (C=O) groups is 2. The van der Waals surface area contributed by atoms with Gasteiger partial charge in [-0.05, 0) is 42.7 Å². The predicted molar refractivity (Wildman–Crippen MR) is 84.9 cm³/mol. The van der Waals surface area contributed by atoms with Crippen molar-refractivity contribution in [1.82, 2.24) is 0 Å². The summed E-state index contributed by atoms with van der Waals surface area (Å²) < 4.78 is 0.875. The van der Waals surface area contributed by atoms with Crippen LogP contribution in [0.25, 0.3) is 6.08 Å². The molecule has 0 bridgehead atoms. The molecule has 0 saturated carbocycles. The van der Waals surface area contributed by atoms with Crippen LogP contribution in [-0.2, 0) is 9.59 Å². The third kappa shape index (κ3) is 4.07. The Bertz CT molecular complexity index is 586. The third-order valence-electron chi connectivity index (χ3n) is 3.56. The minimum absolute atomic E-state index is 0.154. The number of nitrogens with zero attached hydrogens (tertiary/aromatic N) is 1. The van der Waals surface area contributed by atoms with Crippen LogP contribution in [0.4, 0.5) is 5.69 Å². The number of nitrogens with two attached hydrogens (primary N) is 1. The monoisotopic (exact) mass is 352 g/mol. The van der Waals surface area contributed by atoms with Gasteiger partial charge < -0.3 is 15.7 Å². The number of hydrogen-bond acceptors (Lipinski definition) is 3. The minimum Gasteiger partial charge on any atom is -0.478 e. The van der Waals surface area contributed by atoms with Crippen molar-refractivity contribution in [3.63, 3.8) is 0 Å². The highest BCUT2D eigenvalue weighted by Gasteiger charge is 2.25. The molecule has 2 rings (SSSR count). The van der Waals surface area contributed by atoms with E-state index in [0.717, 1.165) is 41.2 Å². The number of halogens is 1. The molecule has 0 radical (unpaired) electrons. The first-order chi connectivity index (χ1) is 9.97. The number of aliphatic carboxylic acids is 1. The Balaban J connectivity index is 2.29. The molecule has 0 aromatic heterocycles. The van der Waals surface area contributed by atoms with Gasteiger partial charge in [-0.1, -0.05) is 15.9 Å². The van der Waals surface area contributed by atoms with Gasteiger partial charge in [-0.15, -0.1) is 0 Å². The topological polar surface area (TPSA) is 83.6 Å². The van der Waals surface area contributed by atoms with Crippen molar-refractivity contribution in [2.75, 3.05) is 18.0 Å². The summed E-state index contributed by atoms with van der Waals surface area (Å²) in [6, 6.07) is 5.69. The zero-order valence-corrected chi connectivity index (χ0v) is 13.0. The summed E-state index contributed by atoms with van der Waals surface area (Å²) in [5.74, 6) is -1.42. The standard InChI is InChI=1S/C15H17BrN2O3/c16-12-4-5-13(10(8-12)3-6-14(19)20)18-7-1-2-11(9-18)15(17)21/h3-6,8,11H,1-2,7,9H2,(H2,17,21)(H,19,20)/b6-3+. The van der Waals surface area contributed by atoms with Crippen LogP contribution in [0.2, 0.25) is 0 Å². The van der Waals surface area contributed by atoms with Crippen LogP contribution in [0, 0.1) is 5.92 Å². The zero-order valence-electron chi connectivity index (χ0n) is 11.5. The largest absolute Gasteiger partial charge is 0.478 e. The number of primary amides is 1. The molecular weight excluding hydrogens is 336 g/mol. The summed E-state index contributed by atoms with van der Waals surface area (Å²) in [6.45, 7) is 1.41. The van der Waals surface area contributed by atoms with Crippen molar-refractivity contribution < 1.29 is 14.7 Å². The van der Waals surface area contributed by atoms with Gasteiger partial charge >= 0.3 is 5.97 Å². The van der Waals surface area contributed by atoms with Crippen LogP contribution in [0.15, 0.2) is 28.7 Å². The van der Waals surface area contributed by atoms with E-state index in [-0.39, 0.29) is 11.8 Å². The molecule has 1 fully saturated rings. The molecule has 1 unspecified atom stereocenters. The first kappa shape index (κ1) is 15.6. The number of benzene rings is 1. The van der Waals surface area contributed by atoms with Gasteiger partial charge in [-0.2, -0.15) is 0 Å². The Hall–Kier alpha value is -1.82. The fraction of sp³-hybridized carbons (Fsp3) is 0.333. The van der Waals surface area contributed by atoms with Crippen LogP contribution in [0.1, 0.15) is 18.4 Å². The number of carboxylic acid groups (broad SMARTS) is 1. The third-order valence-corrected chi connectivity index (χ3v) is 4.05. The van der Waals surface area contributed by atoms with E-state index in [9.17, 15) is 9.59 Å². The van der Waals surface area contributed by atoms with Crippen molar-refractivity contribution in [3.05, 3.63) is 34.3 Å². The fourth-order valence-corrected chi connectivity index (χ4v) is 2.91. The molecule has 21 heavy (non-hydrogen) atoms. The Kier molecular flexibility index (Phi) is 5.01. The Labute approximate surface area is 131 Å². The lowest BCUT2D eigenvalue weighted by Gasteiger charge is -2.34. The summed E-state index contributed by atoms with van der Waals surface area (Å²) in [5, 5.41) is 8.79. The lowest BCUT2D eigenvalue weighted by atomic mass is 9.96. The second kappa shape index (κ2) is 6.76. The summed E-state index contributed by atoms with van der Waals surface area (Å²) in [6.07, 6.45) is 4.38. The molecule has 1 aromatic rings. The molecule has 5 nitrogen and oxygen atoms in total. The molecule has 1 heterocycles. The number of piperidine rings is 1. The van der Waals surface area contributed by atoms with E-state index in [0.29, 0.717) is 6.54 Å². The Morgan fingerprint density at radius 3 is 2.86 bits per heavy atom. The molecule has 1 saturated heterocycles. The number of hydrogen-bond donors (Lipinski definition) is 2. The van der Waals surface area contributed by atoms with Crippen LogP contribution < -0.4 is 10.6 Å². The highest BCUT2D eigenvalue weighted by molar-refractivity contribution is 9.10. The molecule has 1 aliphatic rings. The normalized spacial score (nSPS) is 18.9. The number of anilines is 1. The first-order valence-corrected chi connectivity index (χ1v) is 7.51. The summed E-state index contributed by atoms with van der Waals surface area (Å²) in [4.78, 5) is 24.2. The molecular formula is C15H17BrN2O3. The molecule has 3 N–H and O–H groups in total. The van der Waals surface area contributed by atoms with Crippen molar-refractivity contribution in [3.8, 4) is 0 Å². The molecule has 112 valence electrons. The van der Waals surface area contributed by atoms with E-state index in [4.69, 9.17) is 10.8 Å². The van der Waals surface area contributed by atoms with Crippen molar-refractivity contribution in [2.24, 2.45) is 11.7 Å².